The molecule has 6 nitrogen and oxygen atoms in total. The second kappa shape index (κ2) is 11.6. The Morgan fingerprint density at radius 3 is 2.63 bits per heavy atom. The van der Waals surface area contributed by atoms with E-state index in [-0.39, 0.29) is 5.76 Å². The maximum absolute atomic E-state index is 12.5. The molecule has 0 spiro atoms. The molecular formula is C26H21Br2IN2O4. The van der Waals surface area contributed by atoms with E-state index in [4.69, 9.17) is 13.9 Å². The van der Waals surface area contributed by atoms with E-state index in [1.165, 1.54) is 5.56 Å². The third kappa shape index (κ3) is 6.45. The fourth-order valence-corrected chi connectivity index (χ4v) is 5.43. The summed E-state index contributed by atoms with van der Waals surface area (Å²) < 4.78 is 20.1. The van der Waals surface area contributed by atoms with Crippen LogP contribution in [-0.4, -0.2) is 18.7 Å². The maximum Gasteiger partial charge on any atom is 0.307 e. The van der Waals surface area contributed by atoms with Gasteiger partial charge in [0.05, 0.1) is 20.9 Å². The van der Waals surface area contributed by atoms with Gasteiger partial charge in [0.1, 0.15) is 12.2 Å². The molecule has 0 aliphatic rings. The molecular weight excluding hydrogens is 691 g/mol. The fraction of sp³-hybridized carbons (Fsp3) is 0.154. The topological polar surface area (TPSA) is 73.1 Å². The number of nitrogens with zero attached hydrogens (tertiary/aromatic N) is 1. The molecule has 0 saturated carbocycles. The minimum absolute atomic E-state index is 0.167. The van der Waals surface area contributed by atoms with Gasteiger partial charge in [0.25, 0.3) is 0 Å². The summed E-state index contributed by atoms with van der Waals surface area (Å²) >= 11 is 9.09. The third-order valence-electron chi connectivity index (χ3n) is 4.97. The number of aryl methyl sites for hydroxylation is 1. The van der Waals surface area contributed by atoms with Crippen molar-refractivity contribution < 1.29 is 18.7 Å². The van der Waals surface area contributed by atoms with Gasteiger partial charge in [-0.25, -0.2) is 5.43 Å². The van der Waals surface area contributed by atoms with E-state index in [0.717, 1.165) is 29.0 Å². The maximum atomic E-state index is 12.5. The van der Waals surface area contributed by atoms with Crippen molar-refractivity contribution in [3.63, 3.8) is 0 Å². The van der Waals surface area contributed by atoms with Crippen LogP contribution >= 0.6 is 54.5 Å². The average molecular weight is 712 g/mol. The molecule has 0 fully saturated rings. The van der Waals surface area contributed by atoms with Gasteiger partial charge in [0.15, 0.2) is 17.3 Å². The first-order chi connectivity index (χ1) is 16.8. The van der Waals surface area contributed by atoms with Crippen molar-refractivity contribution in [3.05, 3.63) is 89.6 Å². The molecule has 0 bridgehead atoms. The Labute approximate surface area is 233 Å². The smallest absolute Gasteiger partial charge is 0.307 e. The summed E-state index contributed by atoms with van der Waals surface area (Å²) in [6.07, 6.45) is 1.56. The zero-order valence-electron chi connectivity index (χ0n) is 18.9. The zero-order chi connectivity index (χ0) is 24.9. The SMILES string of the molecule is CCOc1cc(/C=N\NC(=O)c2cc3cc(Br)cc(Br)c3o2)cc(I)c1OCc1ccc(C)cc1. The van der Waals surface area contributed by atoms with Crippen molar-refractivity contribution in [2.24, 2.45) is 5.10 Å². The quantitative estimate of drug-likeness (QED) is 0.116. The van der Waals surface area contributed by atoms with Gasteiger partial charge < -0.3 is 13.9 Å². The van der Waals surface area contributed by atoms with Crippen molar-refractivity contribution in [1.29, 1.82) is 0 Å². The molecule has 0 aliphatic heterocycles. The fourth-order valence-electron chi connectivity index (χ4n) is 3.31. The predicted octanol–water partition coefficient (Wildman–Crippen LogP) is 7.61. The monoisotopic (exact) mass is 710 g/mol. The van der Waals surface area contributed by atoms with Crippen molar-refractivity contribution in [2.45, 2.75) is 20.5 Å². The Balaban J connectivity index is 1.47. The second-order valence-corrected chi connectivity index (χ2v) is 10.6. The highest BCUT2D eigenvalue weighted by molar-refractivity contribution is 14.1. The lowest BCUT2D eigenvalue weighted by Crippen LogP contribution is -2.16. The summed E-state index contributed by atoms with van der Waals surface area (Å²) in [5, 5.41) is 4.90. The average Bonchev–Trinajstić information content (AvgIpc) is 3.24. The molecule has 1 N–H and O–H groups in total. The van der Waals surface area contributed by atoms with Gasteiger partial charge in [-0.1, -0.05) is 45.8 Å². The predicted molar refractivity (Wildman–Crippen MR) is 153 cm³/mol. The van der Waals surface area contributed by atoms with Crippen molar-refractivity contribution in [2.75, 3.05) is 6.61 Å². The Kier molecular flexibility index (Phi) is 8.51. The number of fused-ring (bicyclic) bond motifs is 1. The number of hydrogen-bond acceptors (Lipinski definition) is 5. The first-order valence-electron chi connectivity index (χ1n) is 10.7. The van der Waals surface area contributed by atoms with E-state index >= 15 is 0 Å². The number of hydrogen-bond donors (Lipinski definition) is 1. The van der Waals surface area contributed by atoms with Crippen LogP contribution in [0.3, 0.4) is 0 Å². The zero-order valence-corrected chi connectivity index (χ0v) is 24.2. The Morgan fingerprint density at radius 1 is 1.11 bits per heavy atom. The molecule has 35 heavy (non-hydrogen) atoms. The van der Waals surface area contributed by atoms with Crippen molar-refractivity contribution >= 4 is 77.5 Å². The van der Waals surface area contributed by atoms with Crippen molar-refractivity contribution in [3.8, 4) is 11.5 Å². The Hall–Kier alpha value is -2.37. The molecule has 4 rings (SSSR count). The van der Waals surface area contributed by atoms with Gasteiger partial charge >= 0.3 is 5.91 Å². The summed E-state index contributed by atoms with van der Waals surface area (Å²) in [5.41, 5.74) is 6.15. The minimum atomic E-state index is -0.446. The van der Waals surface area contributed by atoms with E-state index in [0.29, 0.717) is 30.3 Å². The number of furan rings is 1. The molecule has 1 amide bonds. The van der Waals surface area contributed by atoms with Gasteiger partial charge in [-0.05, 0) is 93.8 Å². The normalized spacial score (nSPS) is 11.2. The number of benzene rings is 3. The summed E-state index contributed by atoms with van der Waals surface area (Å²) in [7, 11) is 0. The van der Waals surface area contributed by atoms with Gasteiger partial charge in [-0.15, -0.1) is 0 Å². The van der Waals surface area contributed by atoms with Crippen LogP contribution in [0, 0.1) is 10.5 Å². The van der Waals surface area contributed by atoms with E-state index in [2.05, 4.69) is 84.0 Å². The lowest BCUT2D eigenvalue weighted by Gasteiger charge is -2.15. The number of nitrogens with one attached hydrogen (secondary N) is 1. The van der Waals surface area contributed by atoms with Gasteiger partial charge in [0.2, 0.25) is 0 Å². The summed E-state index contributed by atoms with van der Waals surface area (Å²) in [6.45, 7) is 4.90. The van der Waals surface area contributed by atoms with Gasteiger partial charge in [-0.3, -0.25) is 4.79 Å². The van der Waals surface area contributed by atoms with E-state index in [9.17, 15) is 4.79 Å². The molecule has 0 aliphatic carbocycles. The number of amides is 1. The molecule has 4 aromatic rings. The van der Waals surface area contributed by atoms with Crippen molar-refractivity contribution in [1.82, 2.24) is 5.43 Å². The molecule has 1 aromatic heterocycles. The van der Waals surface area contributed by atoms with E-state index in [1.807, 2.05) is 43.3 Å². The summed E-state index contributed by atoms with van der Waals surface area (Å²) in [5.74, 6) is 1.01. The Bertz CT molecular complexity index is 1400. The van der Waals surface area contributed by atoms with Crippen LogP contribution in [0.25, 0.3) is 11.0 Å². The number of hydrazone groups is 1. The molecule has 1 heterocycles. The third-order valence-corrected chi connectivity index (χ3v) is 6.82. The van der Waals surface area contributed by atoms with Gasteiger partial charge in [-0.2, -0.15) is 5.10 Å². The molecule has 3 aromatic carbocycles. The Morgan fingerprint density at radius 2 is 1.89 bits per heavy atom. The van der Waals surface area contributed by atoms with Crippen LogP contribution in [0.1, 0.15) is 34.2 Å². The molecule has 0 saturated heterocycles. The van der Waals surface area contributed by atoms with E-state index in [1.54, 1.807) is 12.3 Å². The van der Waals surface area contributed by atoms with E-state index < -0.39 is 5.91 Å². The first-order valence-corrected chi connectivity index (χ1v) is 13.4. The minimum Gasteiger partial charge on any atom is -0.490 e. The number of carbonyl (C=O) groups is 1. The molecule has 0 unspecified atom stereocenters. The van der Waals surface area contributed by atoms with Gasteiger partial charge in [0, 0.05) is 9.86 Å². The van der Waals surface area contributed by atoms with Crippen LogP contribution in [0.15, 0.2) is 73.1 Å². The molecule has 0 radical (unpaired) electrons. The van der Waals surface area contributed by atoms with Crippen LogP contribution < -0.4 is 14.9 Å². The number of rotatable bonds is 8. The number of ether oxygens (including phenoxy) is 2. The lowest BCUT2D eigenvalue weighted by molar-refractivity contribution is 0.0929. The highest BCUT2D eigenvalue weighted by atomic mass is 127. The standard InChI is InChI=1S/C26H21Br2IN2O4/c1-3-33-22-9-17(8-21(29)25(22)34-14-16-6-4-15(2)5-7-16)13-30-31-26(32)23-11-18-10-19(27)12-20(28)24(18)35-23/h4-13H,3,14H2,1-2H3,(H,31,32)/b30-13-. The van der Waals surface area contributed by atoms with Crippen LogP contribution in [0.2, 0.25) is 0 Å². The molecule has 0 atom stereocenters. The molecule has 9 heteroatoms. The summed E-state index contributed by atoms with van der Waals surface area (Å²) in [4.78, 5) is 12.5. The highest BCUT2D eigenvalue weighted by Crippen LogP contribution is 2.35. The van der Waals surface area contributed by atoms with Crippen LogP contribution in [-0.2, 0) is 6.61 Å². The number of halogens is 3. The first kappa shape index (κ1) is 25.7. The molecule has 180 valence electrons. The van der Waals surface area contributed by atoms with Crippen LogP contribution in [0.4, 0.5) is 0 Å². The number of carbonyl (C=O) groups excluding carboxylic acids is 1. The highest BCUT2D eigenvalue weighted by Gasteiger charge is 2.15. The summed E-state index contributed by atoms with van der Waals surface area (Å²) in [6, 6.07) is 17.4. The second-order valence-electron chi connectivity index (χ2n) is 7.65. The lowest BCUT2D eigenvalue weighted by atomic mass is 10.2. The van der Waals surface area contributed by atoms with Crippen LogP contribution in [0.5, 0.6) is 11.5 Å². The largest absolute Gasteiger partial charge is 0.490 e.